The van der Waals surface area contributed by atoms with Crippen LogP contribution < -0.4 is 4.90 Å². The minimum Gasteiger partial charge on any atom is -0.356 e. The van der Waals surface area contributed by atoms with Gasteiger partial charge in [0.2, 0.25) is 5.95 Å². The van der Waals surface area contributed by atoms with Gasteiger partial charge in [-0.05, 0) is 42.3 Å². The predicted octanol–water partition coefficient (Wildman–Crippen LogP) is 6.25. The highest BCUT2D eigenvalue weighted by Gasteiger charge is 2.38. The molecule has 5 aromatic rings. The number of nitrogens with one attached hydrogen (secondary N) is 1. The summed E-state index contributed by atoms with van der Waals surface area (Å²) >= 11 is 6.20. The highest BCUT2D eigenvalue weighted by molar-refractivity contribution is 6.31. The van der Waals surface area contributed by atoms with Gasteiger partial charge in [-0.15, -0.1) is 0 Å². The van der Waals surface area contributed by atoms with Crippen molar-refractivity contribution in [1.82, 2.24) is 24.5 Å². The summed E-state index contributed by atoms with van der Waals surface area (Å²) in [6, 6.07) is 7.75. The van der Waals surface area contributed by atoms with Gasteiger partial charge in [0.05, 0.1) is 12.0 Å². The molecule has 0 bridgehead atoms. The summed E-state index contributed by atoms with van der Waals surface area (Å²) in [5, 5.41) is 1.30. The lowest BCUT2D eigenvalue weighted by atomic mass is 9.92. The fourth-order valence-corrected chi connectivity index (χ4v) is 4.98. The Morgan fingerprint density at radius 3 is 2.62 bits per heavy atom. The summed E-state index contributed by atoms with van der Waals surface area (Å²) < 4.78 is 72.6. The van der Waals surface area contributed by atoms with E-state index < -0.39 is 29.5 Å². The standard InChI is InChI=1S/C25H16ClF5N6/c26-13-1-3-17-16(11-13)14-6-9-37(24-33-7-5-19(35-24)25(29,30)31)23(22(14)34-17)15-2-4-18(21(28)20(15)27)36-10-8-32-12-36/h1-5,7-8,10-12,23,34H,6,9H2. The van der Waals surface area contributed by atoms with Crippen LogP contribution in [0.2, 0.25) is 5.02 Å². The quantitative estimate of drug-likeness (QED) is 0.280. The monoisotopic (exact) mass is 530 g/mol. The van der Waals surface area contributed by atoms with Crippen LogP contribution in [0.1, 0.15) is 28.6 Å². The van der Waals surface area contributed by atoms with Crippen molar-refractivity contribution >= 4 is 28.5 Å². The van der Waals surface area contributed by atoms with E-state index in [1.807, 2.05) is 0 Å². The molecule has 12 heteroatoms. The van der Waals surface area contributed by atoms with Gasteiger partial charge in [0.25, 0.3) is 0 Å². The van der Waals surface area contributed by atoms with Crippen LogP contribution in [-0.4, -0.2) is 31.0 Å². The predicted molar refractivity (Wildman–Crippen MR) is 127 cm³/mol. The van der Waals surface area contributed by atoms with E-state index in [2.05, 4.69) is 19.9 Å². The maximum atomic E-state index is 15.7. The number of imidazole rings is 1. The van der Waals surface area contributed by atoms with Gasteiger partial charge in [-0.2, -0.15) is 13.2 Å². The average molecular weight is 531 g/mol. The lowest BCUT2D eigenvalue weighted by Crippen LogP contribution is -2.38. The lowest BCUT2D eigenvalue weighted by molar-refractivity contribution is -0.141. The number of rotatable bonds is 3. The van der Waals surface area contributed by atoms with Gasteiger partial charge >= 0.3 is 6.18 Å². The largest absolute Gasteiger partial charge is 0.433 e. The smallest absolute Gasteiger partial charge is 0.356 e. The maximum Gasteiger partial charge on any atom is 0.433 e. The molecule has 1 aliphatic heterocycles. The molecule has 1 atom stereocenters. The second kappa shape index (κ2) is 8.55. The van der Waals surface area contributed by atoms with E-state index in [0.29, 0.717) is 22.7 Å². The summed E-state index contributed by atoms with van der Waals surface area (Å²) in [5.41, 5.74) is 0.748. The van der Waals surface area contributed by atoms with Crippen LogP contribution in [0.5, 0.6) is 0 Å². The van der Waals surface area contributed by atoms with E-state index in [1.165, 1.54) is 40.3 Å². The molecule has 0 spiro atoms. The second-order valence-electron chi connectivity index (χ2n) is 8.56. The number of nitrogens with zero attached hydrogens (tertiary/aromatic N) is 5. The molecule has 6 nitrogen and oxygen atoms in total. The van der Waals surface area contributed by atoms with Crippen LogP contribution in [0.15, 0.2) is 61.3 Å². The molecule has 0 saturated carbocycles. The first-order valence-corrected chi connectivity index (χ1v) is 11.5. The number of aromatic amines is 1. The van der Waals surface area contributed by atoms with Gasteiger partial charge in [-0.1, -0.05) is 17.7 Å². The van der Waals surface area contributed by atoms with Crippen LogP contribution >= 0.6 is 11.6 Å². The van der Waals surface area contributed by atoms with Gasteiger partial charge in [0.15, 0.2) is 11.6 Å². The number of anilines is 1. The third-order valence-electron chi connectivity index (χ3n) is 6.45. The molecule has 0 radical (unpaired) electrons. The Hall–Kier alpha value is -3.99. The highest BCUT2D eigenvalue weighted by atomic mass is 35.5. The van der Waals surface area contributed by atoms with Crippen LogP contribution in [0.25, 0.3) is 16.6 Å². The van der Waals surface area contributed by atoms with Crippen LogP contribution in [0.3, 0.4) is 0 Å². The van der Waals surface area contributed by atoms with Crippen molar-refractivity contribution in [2.75, 3.05) is 11.4 Å². The molecule has 37 heavy (non-hydrogen) atoms. The molecular formula is C25H16ClF5N6. The van der Waals surface area contributed by atoms with E-state index in [1.54, 1.807) is 18.2 Å². The van der Waals surface area contributed by atoms with Gasteiger partial charge in [0.1, 0.15) is 11.7 Å². The fourth-order valence-electron chi connectivity index (χ4n) is 4.81. The Labute approximate surface area is 211 Å². The summed E-state index contributed by atoms with van der Waals surface area (Å²) in [6.45, 7) is 0.156. The molecule has 1 aliphatic rings. The topological polar surface area (TPSA) is 62.6 Å². The van der Waals surface area contributed by atoms with Gasteiger partial charge in [-0.3, -0.25) is 0 Å². The Kier molecular flexibility index (Phi) is 5.41. The summed E-state index contributed by atoms with van der Waals surface area (Å²) in [5.74, 6) is -2.51. The number of halogens is 6. The molecular weight excluding hydrogens is 515 g/mol. The molecule has 1 unspecified atom stereocenters. The molecule has 3 aromatic heterocycles. The summed E-state index contributed by atoms with van der Waals surface area (Å²) in [7, 11) is 0. The van der Waals surface area contributed by atoms with Crippen LogP contribution in [-0.2, 0) is 12.6 Å². The van der Waals surface area contributed by atoms with Gasteiger partial charge in [0, 0.05) is 52.3 Å². The van der Waals surface area contributed by atoms with E-state index >= 15 is 8.78 Å². The number of fused-ring (bicyclic) bond motifs is 3. The number of hydrogen-bond acceptors (Lipinski definition) is 4. The Balaban J connectivity index is 1.56. The normalized spacial score (nSPS) is 15.8. The first-order chi connectivity index (χ1) is 17.7. The van der Waals surface area contributed by atoms with Crippen molar-refractivity contribution in [3.05, 3.63) is 100 Å². The minimum absolute atomic E-state index is 0.0555. The van der Waals surface area contributed by atoms with Crippen molar-refractivity contribution in [2.24, 2.45) is 0 Å². The van der Waals surface area contributed by atoms with E-state index in [0.717, 1.165) is 23.2 Å². The Morgan fingerprint density at radius 1 is 1.03 bits per heavy atom. The summed E-state index contributed by atoms with van der Waals surface area (Å²) in [6.07, 6.45) is 0.933. The molecule has 0 aliphatic carbocycles. The highest BCUT2D eigenvalue weighted by Crippen LogP contribution is 2.42. The number of benzene rings is 2. The molecule has 1 N–H and O–H groups in total. The zero-order valence-electron chi connectivity index (χ0n) is 18.8. The number of alkyl halides is 3. The Morgan fingerprint density at radius 2 is 1.86 bits per heavy atom. The van der Waals surface area contributed by atoms with Crippen molar-refractivity contribution in [1.29, 1.82) is 0 Å². The molecule has 4 heterocycles. The third-order valence-corrected chi connectivity index (χ3v) is 6.68. The van der Waals surface area contributed by atoms with E-state index in [9.17, 15) is 13.2 Å². The lowest BCUT2D eigenvalue weighted by Gasteiger charge is -2.36. The number of H-pyrrole nitrogens is 1. The van der Waals surface area contributed by atoms with Crippen molar-refractivity contribution < 1.29 is 22.0 Å². The number of hydrogen-bond donors (Lipinski definition) is 1. The fraction of sp³-hybridized carbons (Fsp3) is 0.160. The molecule has 0 fully saturated rings. The maximum absolute atomic E-state index is 15.7. The average Bonchev–Trinajstić information content (AvgIpc) is 3.53. The second-order valence-corrected chi connectivity index (χ2v) is 9.00. The van der Waals surface area contributed by atoms with E-state index in [4.69, 9.17) is 11.6 Å². The SMILES string of the molecule is Fc1c(C2c3[nH]c4ccc(Cl)cc4c3CCN2c2nccc(C(F)(F)F)n2)ccc(-n2ccnc2)c1F. The molecule has 0 amide bonds. The van der Waals surface area contributed by atoms with Gasteiger partial charge in [-0.25, -0.2) is 23.7 Å². The first kappa shape index (κ1) is 23.4. The zero-order chi connectivity index (χ0) is 25.9. The Bertz CT molecular complexity index is 1630. The molecule has 2 aromatic carbocycles. The molecule has 0 saturated heterocycles. The van der Waals surface area contributed by atoms with Crippen molar-refractivity contribution in [2.45, 2.75) is 18.6 Å². The minimum atomic E-state index is -4.70. The summed E-state index contributed by atoms with van der Waals surface area (Å²) in [4.78, 5) is 16.3. The van der Waals surface area contributed by atoms with E-state index in [-0.39, 0.29) is 23.7 Å². The van der Waals surface area contributed by atoms with Crippen LogP contribution in [0, 0.1) is 11.6 Å². The zero-order valence-corrected chi connectivity index (χ0v) is 19.5. The van der Waals surface area contributed by atoms with Crippen LogP contribution in [0.4, 0.5) is 27.9 Å². The van der Waals surface area contributed by atoms with Crippen molar-refractivity contribution in [3.8, 4) is 5.69 Å². The molecule has 188 valence electrons. The third kappa shape index (κ3) is 3.90. The first-order valence-electron chi connectivity index (χ1n) is 11.2. The molecule has 6 rings (SSSR count). The van der Waals surface area contributed by atoms with Crippen molar-refractivity contribution in [3.63, 3.8) is 0 Å². The van der Waals surface area contributed by atoms with Gasteiger partial charge < -0.3 is 14.5 Å². The number of aromatic nitrogens is 5.